The Balaban J connectivity index is 0. The summed E-state index contributed by atoms with van der Waals surface area (Å²) < 4.78 is 0. The van der Waals surface area contributed by atoms with Crippen LogP contribution >= 0.6 is 0 Å². The lowest BCUT2D eigenvalue weighted by molar-refractivity contribution is -0.153. The zero-order valence-electron chi connectivity index (χ0n) is 7.70. The van der Waals surface area contributed by atoms with Gasteiger partial charge in [-0.2, -0.15) is 0 Å². The number of carbonyl (C=O) groups is 2. The summed E-state index contributed by atoms with van der Waals surface area (Å²) in [6.07, 6.45) is 2.64. The Bertz CT molecular complexity index is 126. The monoisotopic (exact) mass is 176 g/mol. The summed E-state index contributed by atoms with van der Waals surface area (Å²) in [6.45, 7) is 5.48. The van der Waals surface area contributed by atoms with Gasteiger partial charge in [0.15, 0.2) is 5.92 Å². The maximum absolute atomic E-state index is 9.76. The van der Waals surface area contributed by atoms with Gasteiger partial charge in [-0.25, -0.2) is 0 Å². The minimum absolute atomic E-state index is 1.12. The van der Waals surface area contributed by atoms with Crippen LogP contribution < -0.4 is 0 Å². The lowest BCUT2D eigenvalue weighted by Gasteiger charge is -1.94. The van der Waals surface area contributed by atoms with Crippen LogP contribution in [0.15, 0.2) is 0 Å². The summed E-state index contributed by atoms with van der Waals surface area (Å²) in [5, 5.41) is 15.9. The van der Waals surface area contributed by atoms with E-state index in [-0.39, 0.29) is 0 Å². The Morgan fingerprint density at radius 2 is 1.33 bits per heavy atom. The molecule has 0 aliphatic heterocycles. The first-order valence-electron chi connectivity index (χ1n) is 3.92. The van der Waals surface area contributed by atoms with Crippen LogP contribution in [0.3, 0.4) is 0 Å². The molecule has 2 N–H and O–H groups in total. The third-order valence-electron chi connectivity index (χ3n) is 1.24. The first-order chi connectivity index (χ1) is 5.47. The van der Waals surface area contributed by atoms with Gasteiger partial charge in [0.25, 0.3) is 0 Å². The van der Waals surface area contributed by atoms with E-state index in [2.05, 4.69) is 13.8 Å². The van der Waals surface area contributed by atoms with Crippen molar-refractivity contribution < 1.29 is 19.8 Å². The Kier molecular flexibility index (Phi) is 9.06. The lowest BCUT2D eigenvalue weighted by atomic mass is 10.2. The molecule has 0 aliphatic carbocycles. The van der Waals surface area contributed by atoms with Gasteiger partial charge in [-0.1, -0.05) is 26.7 Å². The van der Waals surface area contributed by atoms with Crippen molar-refractivity contribution in [3.05, 3.63) is 0 Å². The van der Waals surface area contributed by atoms with E-state index in [9.17, 15) is 9.59 Å². The third kappa shape index (κ3) is 8.94. The highest BCUT2D eigenvalue weighted by Crippen LogP contribution is 1.91. The first-order valence-corrected chi connectivity index (χ1v) is 3.92. The highest BCUT2D eigenvalue weighted by molar-refractivity contribution is 5.92. The van der Waals surface area contributed by atoms with Gasteiger partial charge >= 0.3 is 11.9 Å². The average molecular weight is 176 g/mol. The first kappa shape index (κ1) is 13.5. The maximum Gasteiger partial charge on any atom is 0.317 e. The molecule has 72 valence electrons. The Morgan fingerprint density at radius 1 is 1.08 bits per heavy atom. The standard InChI is InChI=1S/C4H6O4.C4H10/c1-2(3(5)6)4(7)8;1-3-4-2/h2H,1H3,(H,5,6)(H,7,8);3-4H2,1-2H3. The van der Waals surface area contributed by atoms with Gasteiger partial charge in [0.2, 0.25) is 0 Å². The number of unbranched alkanes of at least 4 members (excludes halogenated alkanes) is 1. The third-order valence-corrected chi connectivity index (χ3v) is 1.24. The van der Waals surface area contributed by atoms with E-state index >= 15 is 0 Å². The number of carboxylic acid groups (broad SMARTS) is 2. The van der Waals surface area contributed by atoms with Crippen LogP contribution in [0.2, 0.25) is 0 Å². The summed E-state index contributed by atoms with van der Waals surface area (Å²) in [7, 11) is 0. The molecule has 0 spiro atoms. The minimum atomic E-state index is -1.31. The van der Waals surface area contributed by atoms with Crippen LogP contribution in [0.1, 0.15) is 33.6 Å². The van der Waals surface area contributed by atoms with E-state index in [0.29, 0.717) is 0 Å². The van der Waals surface area contributed by atoms with E-state index in [4.69, 9.17) is 10.2 Å². The second kappa shape index (κ2) is 8.04. The SMILES string of the molecule is CC(C(=O)O)C(=O)O.CCCC. The molecule has 0 aromatic carbocycles. The predicted molar refractivity (Wildman–Crippen MR) is 45.0 cm³/mol. The van der Waals surface area contributed by atoms with E-state index in [0.717, 1.165) is 6.92 Å². The highest BCUT2D eigenvalue weighted by Gasteiger charge is 2.18. The molecule has 0 bridgehead atoms. The van der Waals surface area contributed by atoms with Gasteiger partial charge in [0, 0.05) is 0 Å². The summed E-state index contributed by atoms with van der Waals surface area (Å²) in [5.74, 6) is -3.91. The molecule has 12 heavy (non-hydrogen) atoms. The lowest BCUT2D eigenvalue weighted by Crippen LogP contribution is -2.19. The summed E-state index contributed by atoms with van der Waals surface area (Å²) in [6, 6.07) is 0. The molecule has 0 fully saturated rings. The largest absolute Gasteiger partial charge is 0.481 e. The smallest absolute Gasteiger partial charge is 0.317 e. The average Bonchev–Trinajstić information content (AvgIpc) is 2.03. The molecule has 4 heteroatoms. The van der Waals surface area contributed by atoms with Gasteiger partial charge in [0.05, 0.1) is 0 Å². The molecule has 0 unspecified atom stereocenters. The number of rotatable bonds is 3. The van der Waals surface area contributed by atoms with Crippen molar-refractivity contribution >= 4 is 11.9 Å². The Hall–Kier alpha value is -1.06. The molecule has 4 nitrogen and oxygen atoms in total. The molecule has 0 saturated heterocycles. The maximum atomic E-state index is 9.76. The van der Waals surface area contributed by atoms with E-state index in [1.807, 2.05) is 0 Å². The zero-order valence-corrected chi connectivity index (χ0v) is 7.70. The molecule has 0 aromatic rings. The van der Waals surface area contributed by atoms with Crippen LogP contribution in [0.4, 0.5) is 0 Å². The van der Waals surface area contributed by atoms with Gasteiger partial charge < -0.3 is 10.2 Å². The van der Waals surface area contributed by atoms with Crippen molar-refractivity contribution in [3.8, 4) is 0 Å². The van der Waals surface area contributed by atoms with E-state index in [1.54, 1.807) is 0 Å². The summed E-state index contributed by atoms with van der Waals surface area (Å²) in [4.78, 5) is 19.5. The van der Waals surface area contributed by atoms with E-state index in [1.165, 1.54) is 12.8 Å². The van der Waals surface area contributed by atoms with Gasteiger partial charge in [-0.15, -0.1) is 0 Å². The molecule has 0 saturated carbocycles. The van der Waals surface area contributed by atoms with Gasteiger partial charge in [0.1, 0.15) is 0 Å². The molecule has 0 radical (unpaired) electrons. The molecular weight excluding hydrogens is 160 g/mol. The fourth-order valence-electron chi connectivity index (χ4n) is 0.106. The van der Waals surface area contributed by atoms with Crippen molar-refractivity contribution in [2.75, 3.05) is 0 Å². The molecule has 0 aromatic heterocycles. The molecule has 0 amide bonds. The number of carboxylic acids is 2. The Labute approximate surface area is 72.2 Å². The molecular formula is C8H16O4. The summed E-state index contributed by atoms with van der Waals surface area (Å²) in [5.41, 5.74) is 0. The second-order valence-electron chi connectivity index (χ2n) is 2.40. The van der Waals surface area contributed by atoms with Crippen LogP contribution in [0.5, 0.6) is 0 Å². The highest BCUT2D eigenvalue weighted by atomic mass is 16.4. The number of hydrogen-bond donors (Lipinski definition) is 2. The molecule has 0 rings (SSSR count). The zero-order chi connectivity index (χ0) is 10.1. The second-order valence-corrected chi connectivity index (χ2v) is 2.40. The van der Waals surface area contributed by atoms with Crippen molar-refractivity contribution in [3.63, 3.8) is 0 Å². The quantitative estimate of drug-likeness (QED) is 0.640. The van der Waals surface area contributed by atoms with Gasteiger partial charge in [-0.3, -0.25) is 9.59 Å². The van der Waals surface area contributed by atoms with Gasteiger partial charge in [-0.05, 0) is 6.92 Å². The van der Waals surface area contributed by atoms with Crippen LogP contribution in [0, 0.1) is 5.92 Å². The normalized spacial score (nSPS) is 8.67. The summed E-state index contributed by atoms with van der Waals surface area (Å²) >= 11 is 0. The molecule has 0 aliphatic rings. The molecule has 0 atom stereocenters. The van der Waals surface area contributed by atoms with Crippen molar-refractivity contribution in [1.82, 2.24) is 0 Å². The minimum Gasteiger partial charge on any atom is -0.481 e. The fourth-order valence-corrected chi connectivity index (χ4v) is 0.106. The predicted octanol–water partition coefficient (Wildman–Crippen LogP) is 1.60. The fraction of sp³-hybridized carbons (Fsp3) is 0.750. The van der Waals surface area contributed by atoms with Crippen LogP contribution in [-0.4, -0.2) is 22.2 Å². The van der Waals surface area contributed by atoms with Crippen molar-refractivity contribution in [1.29, 1.82) is 0 Å². The van der Waals surface area contributed by atoms with Crippen molar-refractivity contribution in [2.24, 2.45) is 5.92 Å². The number of hydrogen-bond acceptors (Lipinski definition) is 2. The topological polar surface area (TPSA) is 74.6 Å². The Morgan fingerprint density at radius 3 is 1.33 bits per heavy atom. The van der Waals surface area contributed by atoms with E-state index < -0.39 is 17.9 Å². The van der Waals surface area contributed by atoms with Crippen molar-refractivity contribution in [2.45, 2.75) is 33.6 Å². The molecule has 0 heterocycles. The number of aliphatic carboxylic acids is 2. The van der Waals surface area contributed by atoms with Crippen LogP contribution in [0.25, 0.3) is 0 Å². The van der Waals surface area contributed by atoms with Crippen LogP contribution in [-0.2, 0) is 9.59 Å².